The standard InChI is InChI=1S/C21H23FN2O3/c22-18-4-1-15(2-5-18)12-23-21(25)13-24-9-7-16(8-10-24)17-3-6-19-20(11-17)27-14-26-19/h1-6,11,16H,7-10,12-14H2,(H,23,25). The van der Waals surface area contributed by atoms with Gasteiger partial charge in [-0.2, -0.15) is 0 Å². The zero-order valence-corrected chi connectivity index (χ0v) is 15.1. The molecular formula is C21H23FN2O3. The van der Waals surface area contributed by atoms with E-state index < -0.39 is 0 Å². The van der Waals surface area contributed by atoms with E-state index in [2.05, 4.69) is 22.3 Å². The maximum atomic E-state index is 12.9. The van der Waals surface area contributed by atoms with Crippen molar-refractivity contribution in [1.29, 1.82) is 0 Å². The van der Waals surface area contributed by atoms with Crippen molar-refractivity contribution in [1.82, 2.24) is 10.2 Å². The molecule has 5 nitrogen and oxygen atoms in total. The molecule has 2 aliphatic rings. The van der Waals surface area contributed by atoms with Gasteiger partial charge in [-0.3, -0.25) is 9.69 Å². The summed E-state index contributed by atoms with van der Waals surface area (Å²) in [6.07, 6.45) is 2.04. The monoisotopic (exact) mass is 370 g/mol. The van der Waals surface area contributed by atoms with Crippen molar-refractivity contribution in [3.05, 3.63) is 59.4 Å². The highest BCUT2D eigenvalue weighted by Crippen LogP contribution is 2.37. The van der Waals surface area contributed by atoms with Crippen LogP contribution in [0, 0.1) is 5.82 Å². The average Bonchev–Trinajstić information content (AvgIpc) is 3.16. The first-order valence-corrected chi connectivity index (χ1v) is 9.30. The summed E-state index contributed by atoms with van der Waals surface area (Å²) < 4.78 is 23.7. The Labute approximate surface area is 158 Å². The van der Waals surface area contributed by atoms with Gasteiger partial charge in [0.25, 0.3) is 0 Å². The highest BCUT2D eigenvalue weighted by Gasteiger charge is 2.24. The zero-order chi connectivity index (χ0) is 18.6. The molecule has 2 aromatic rings. The summed E-state index contributed by atoms with van der Waals surface area (Å²) in [5, 5.41) is 2.90. The first-order valence-electron chi connectivity index (χ1n) is 9.30. The molecule has 0 spiro atoms. The lowest BCUT2D eigenvalue weighted by atomic mass is 9.89. The third kappa shape index (κ3) is 4.39. The fourth-order valence-corrected chi connectivity index (χ4v) is 3.65. The minimum atomic E-state index is -0.268. The largest absolute Gasteiger partial charge is 0.454 e. The molecule has 27 heavy (non-hydrogen) atoms. The molecule has 1 N–H and O–H groups in total. The number of nitrogens with zero attached hydrogens (tertiary/aromatic N) is 1. The number of hydrogen-bond donors (Lipinski definition) is 1. The van der Waals surface area contributed by atoms with Crippen molar-refractivity contribution in [3.8, 4) is 11.5 Å². The van der Waals surface area contributed by atoms with Gasteiger partial charge in [0.1, 0.15) is 5.82 Å². The summed E-state index contributed by atoms with van der Waals surface area (Å²) in [5.74, 6) is 1.86. The number of nitrogens with one attached hydrogen (secondary N) is 1. The number of amides is 1. The lowest BCUT2D eigenvalue weighted by molar-refractivity contribution is -0.122. The van der Waals surface area contributed by atoms with Crippen molar-refractivity contribution in [2.24, 2.45) is 0 Å². The number of piperidine rings is 1. The van der Waals surface area contributed by atoms with Crippen LogP contribution in [0.1, 0.15) is 29.9 Å². The molecule has 0 aliphatic carbocycles. The third-order valence-corrected chi connectivity index (χ3v) is 5.23. The van der Waals surface area contributed by atoms with Crippen molar-refractivity contribution in [3.63, 3.8) is 0 Å². The number of benzene rings is 2. The van der Waals surface area contributed by atoms with Crippen LogP contribution in [0.2, 0.25) is 0 Å². The van der Waals surface area contributed by atoms with E-state index in [4.69, 9.17) is 9.47 Å². The summed E-state index contributed by atoms with van der Waals surface area (Å²) in [6, 6.07) is 12.4. The van der Waals surface area contributed by atoms with Crippen LogP contribution in [0.4, 0.5) is 4.39 Å². The van der Waals surface area contributed by atoms with Gasteiger partial charge in [0.2, 0.25) is 12.7 Å². The molecule has 0 saturated carbocycles. The summed E-state index contributed by atoms with van der Waals surface area (Å²) >= 11 is 0. The Morgan fingerprint density at radius 1 is 1.07 bits per heavy atom. The van der Waals surface area contributed by atoms with E-state index in [9.17, 15) is 9.18 Å². The van der Waals surface area contributed by atoms with Crippen LogP contribution in [0.25, 0.3) is 0 Å². The molecule has 0 unspecified atom stereocenters. The topological polar surface area (TPSA) is 50.8 Å². The second kappa shape index (κ2) is 7.96. The second-order valence-electron chi connectivity index (χ2n) is 7.07. The molecule has 142 valence electrons. The number of ether oxygens (including phenoxy) is 2. The quantitative estimate of drug-likeness (QED) is 0.879. The predicted octanol–water partition coefficient (Wildman–Crippen LogP) is 3.05. The van der Waals surface area contributed by atoms with Crippen molar-refractivity contribution >= 4 is 5.91 Å². The van der Waals surface area contributed by atoms with Gasteiger partial charge in [0.15, 0.2) is 11.5 Å². The minimum Gasteiger partial charge on any atom is -0.454 e. The first kappa shape index (κ1) is 17.8. The highest BCUT2D eigenvalue weighted by atomic mass is 19.1. The SMILES string of the molecule is O=C(CN1CCC(c2ccc3c(c2)OCO3)CC1)NCc1ccc(F)cc1. The Balaban J connectivity index is 1.23. The van der Waals surface area contributed by atoms with Crippen LogP contribution in [-0.2, 0) is 11.3 Å². The molecule has 0 atom stereocenters. The Kier molecular flexibility index (Phi) is 5.25. The molecule has 0 radical (unpaired) electrons. The zero-order valence-electron chi connectivity index (χ0n) is 15.1. The number of rotatable bonds is 5. The number of halogens is 1. The van der Waals surface area contributed by atoms with Crippen LogP contribution in [0.3, 0.4) is 0 Å². The lowest BCUT2D eigenvalue weighted by Gasteiger charge is -2.31. The van der Waals surface area contributed by atoms with Crippen molar-refractivity contribution in [2.45, 2.75) is 25.3 Å². The second-order valence-corrected chi connectivity index (χ2v) is 7.07. The maximum absolute atomic E-state index is 12.9. The molecule has 1 amide bonds. The minimum absolute atomic E-state index is 0.000791. The number of fused-ring (bicyclic) bond motifs is 1. The van der Waals surface area contributed by atoms with Gasteiger partial charge in [-0.15, -0.1) is 0 Å². The molecule has 0 aromatic heterocycles. The maximum Gasteiger partial charge on any atom is 0.234 e. The third-order valence-electron chi connectivity index (χ3n) is 5.23. The fourth-order valence-electron chi connectivity index (χ4n) is 3.65. The fraction of sp³-hybridized carbons (Fsp3) is 0.381. The molecule has 1 saturated heterocycles. The summed E-state index contributed by atoms with van der Waals surface area (Å²) in [7, 11) is 0. The smallest absolute Gasteiger partial charge is 0.234 e. The number of likely N-dealkylation sites (tertiary alicyclic amines) is 1. The van der Waals surface area contributed by atoms with E-state index in [1.165, 1.54) is 17.7 Å². The van der Waals surface area contributed by atoms with Gasteiger partial charge >= 0.3 is 0 Å². The van der Waals surface area contributed by atoms with Crippen molar-refractivity contribution in [2.75, 3.05) is 26.4 Å². The molecular weight excluding hydrogens is 347 g/mol. The molecule has 2 aromatic carbocycles. The summed E-state index contributed by atoms with van der Waals surface area (Å²) in [4.78, 5) is 14.4. The van der Waals surface area contributed by atoms with E-state index >= 15 is 0 Å². The lowest BCUT2D eigenvalue weighted by Crippen LogP contribution is -2.41. The average molecular weight is 370 g/mol. The van der Waals surface area contributed by atoms with Crippen LogP contribution >= 0.6 is 0 Å². The molecule has 2 heterocycles. The summed E-state index contributed by atoms with van der Waals surface area (Å²) in [6.45, 7) is 2.90. The molecule has 2 aliphatic heterocycles. The Bertz CT molecular complexity index is 802. The summed E-state index contributed by atoms with van der Waals surface area (Å²) in [5.41, 5.74) is 2.17. The Morgan fingerprint density at radius 2 is 1.81 bits per heavy atom. The molecule has 4 rings (SSSR count). The Morgan fingerprint density at radius 3 is 2.59 bits per heavy atom. The molecule has 6 heteroatoms. The van der Waals surface area contributed by atoms with E-state index in [1.807, 2.05) is 6.07 Å². The number of carbonyl (C=O) groups excluding carboxylic acids is 1. The van der Waals surface area contributed by atoms with Gasteiger partial charge in [-0.05, 0) is 67.2 Å². The van der Waals surface area contributed by atoms with Crippen LogP contribution in [0.15, 0.2) is 42.5 Å². The van der Waals surface area contributed by atoms with E-state index in [-0.39, 0.29) is 11.7 Å². The Hall–Kier alpha value is -2.60. The van der Waals surface area contributed by atoms with Gasteiger partial charge in [0.05, 0.1) is 6.54 Å². The van der Waals surface area contributed by atoms with E-state index in [0.717, 1.165) is 43.0 Å². The van der Waals surface area contributed by atoms with Gasteiger partial charge in [0, 0.05) is 6.54 Å². The normalized spacial score (nSPS) is 17.1. The van der Waals surface area contributed by atoms with Gasteiger partial charge in [-0.25, -0.2) is 4.39 Å². The number of hydrogen-bond acceptors (Lipinski definition) is 4. The van der Waals surface area contributed by atoms with E-state index in [0.29, 0.717) is 25.8 Å². The van der Waals surface area contributed by atoms with Gasteiger partial charge in [-0.1, -0.05) is 18.2 Å². The predicted molar refractivity (Wildman–Crippen MR) is 99.2 cm³/mol. The molecule has 0 bridgehead atoms. The number of carbonyl (C=O) groups is 1. The first-order chi connectivity index (χ1) is 13.2. The van der Waals surface area contributed by atoms with Crippen LogP contribution < -0.4 is 14.8 Å². The van der Waals surface area contributed by atoms with Crippen molar-refractivity contribution < 1.29 is 18.7 Å². The highest BCUT2D eigenvalue weighted by molar-refractivity contribution is 5.78. The molecule has 1 fully saturated rings. The van der Waals surface area contributed by atoms with Crippen LogP contribution in [0.5, 0.6) is 11.5 Å². The van der Waals surface area contributed by atoms with E-state index in [1.54, 1.807) is 12.1 Å². The van der Waals surface area contributed by atoms with Crippen LogP contribution in [-0.4, -0.2) is 37.2 Å². The van der Waals surface area contributed by atoms with Gasteiger partial charge < -0.3 is 14.8 Å².